The minimum Gasteiger partial charge on any atom is -0.480 e. The van der Waals surface area contributed by atoms with Gasteiger partial charge in [0, 0.05) is 0 Å². The summed E-state index contributed by atoms with van der Waals surface area (Å²) in [4.78, 5) is 21.9. The number of nitrogens with one attached hydrogen (secondary N) is 1. The quantitative estimate of drug-likeness (QED) is 0.760. The van der Waals surface area contributed by atoms with Crippen LogP contribution >= 0.6 is 0 Å². The van der Waals surface area contributed by atoms with Crippen molar-refractivity contribution < 1.29 is 19.4 Å². The molecule has 0 heterocycles. The number of carbonyl (C=O) groups is 2. The summed E-state index contributed by atoms with van der Waals surface area (Å²) in [5.74, 6) is -0.921. The number of amides is 1. The Labute approximate surface area is 102 Å². The molecule has 1 saturated carbocycles. The van der Waals surface area contributed by atoms with Crippen molar-refractivity contribution in [2.75, 3.05) is 6.61 Å². The van der Waals surface area contributed by atoms with Crippen LogP contribution in [0.4, 0.5) is 0 Å². The van der Waals surface area contributed by atoms with Crippen LogP contribution in [0.1, 0.15) is 39.5 Å². The predicted octanol–water partition coefficient (Wildman–Crippen LogP) is 1.17. The maximum absolute atomic E-state index is 11.4. The maximum atomic E-state index is 11.4. The number of carbonyl (C=O) groups excluding carboxylic acids is 1. The number of carboxylic acid groups (broad SMARTS) is 1. The summed E-state index contributed by atoms with van der Waals surface area (Å²) in [7, 11) is 0. The standard InChI is InChI=1S/C12H21NO4/c1-8-5-3-4-6-10(8)17-7-11(14)13-9(2)12(15)16/h8-10H,3-7H2,1-2H3,(H,13,14)(H,15,16)/t8-,9-,10-/m1/s1. The van der Waals surface area contributed by atoms with Gasteiger partial charge in [0.25, 0.3) is 0 Å². The molecule has 0 aliphatic heterocycles. The van der Waals surface area contributed by atoms with Gasteiger partial charge in [-0.2, -0.15) is 0 Å². The molecule has 5 nitrogen and oxygen atoms in total. The van der Waals surface area contributed by atoms with Gasteiger partial charge < -0.3 is 15.2 Å². The van der Waals surface area contributed by atoms with E-state index in [1.165, 1.54) is 13.3 Å². The summed E-state index contributed by atoms with van der Waals surface area (Å²) in [5.41, 5.74) is 0. The van der Waals surface area contributed by atoms with Gasteiger partial charge in [-0.1, -0.05) is 19.8 Å². The first-order valence-electron chi connectivity index (χ1n) is 6.14. The summed E-state index contributed by atoms with van der Waals surface area (Å²) >= 11 is 0. The normalized spacial score (nSPS) is 26.2. The summed E-state index contributed by atoms with van der Waals surface area (Å²) in [6, 6.07) is -0.866. The van der Waals surface area contributed by atoms with Gasteiger partial charge in [0.1, 0.15) is 12.6 Å². The number of carboxylic acids is 1. The van der Waals surface area contributed by atoms with Crippen molar-refractivity contribution in [2.24, 2.45) is 5.92 Å². The van der Waals surface area contributed by atoms with E-state index in [0.717, 1.165) is 19.3 Å². The van der Waals surface area contributed by atoms with Crippen LogP contribution in [0.5, 0.6) is 0 Å². The zero-order valence-electron chi connectivity index (χ0n) is 10.4. The van der Waals surface area contributed by atoms with Gasteiger partial charge in [0.05, 0.1) is 6.10 Å². The van der Waals surface area contributed by atoms with E-state index >= 15 is 0 Å². The molecule has 0 saturated heterocycles. The van der Waals surface area contributed by atoms with E-state index < -0.39 is 12.0 Å². The van der Waals surface area contributed by atoms with Gasteiger partial charge in [-0.15, -0.1) is 0 Å². The molecular weight excluding hydrogens is 222 g/mol. The highest BCUT2D eigenvalue weighted by Crippen LogP contribution is 2.25. The van der Waals surface area contributed by atoms with Crippen LogP contribution < -0.4 is 5.32 Å². The number of hydrogen-bond acceptors (Lipinski definition) is 3. The van der Waals surface area contributed by atoms with E-state index in [1.807, 2.05) is 0 Å². The first kappa shape index (κ1) is 14.0. The van der Waals surface area contributed by atoms with E-state index in [4.69, 9.17) is 9.84 Å². The van der Waals surface area contributed by atoms with Crippen molar-refractivity contribution in [1.82, 2.24) is 5.32 Å². The zero-order chi connectivity index (χ0) is 12.8. The lowest BCUT2D eigenvalue weighted by atomic mass is 9.88. The van der Waals surface area contributed by atoms with Crippen LogP contribution in [0, 0.1) is 5.92 Å². The fraction of sp³-hybridized carbons (Fsp3) is 0.833. The highest BCUT2D eigenvalue weighted by atomic mass is 16.5. The van der Waals surface area contributed by atoms with Crippen LogP contribution in [-0.4, -0.2) is 35.7 Å². The number of rotatable bonds is 5. The summed E-state index contributed by atoms with van der Waals surface area (Å²) in [5, 5.41) is 11.0. The van der Waals surface area contributed by atoms with Gasteiger partial charge >= 0.3 is 5.97 Å². The molecular formula is C12H21NO4. The monoisotopic (exact) mass is 243 g/mol. The Hall–Kier alpha value is -1.10. The number of hydrogen-bond donors (Lipinski definition) is 2. The van der Waals surface area contributed by atoms with Crippen molar-refractivity contribution in [2.45, 2.75) is 51.7 Å². The van der Waals surface area contributed by atoms with Gasteiger partial charge in [-0.05, 0) is 25.7 Å². The highest BCUT2D eigenvalue weighted by molar-refractivity contribution is 5.83. The molecule has 1 rings (SSSR count). The molecule has 1 aliphatic rings. The third-order valence-corrected chi connectivity index (χ3v) is 3.21. The first-order valence-corrected chi connectivity index (χ1v) is 6.14. The van der Waals surface area contributed by atoms with Crippen LogP contribution in [0.15, 0.2) is 0 Å². The first-order chi connectivity index (χ1) is 8.00. The predicted molar refractivity (Wildman–Crippen MR) is 62.6 cm³/mol. The van der Waals surface area contributed by atoms with Gasteiger partial charge in [-0.3, -0.25) is 9.59 Å². The SMILES string of the molecule is C[C@@H]1CCCC[C@H]1OCC(=O)N[C@H](C)C(=O)O. The Bertz CT molecular complexity index is 280. The van der Waals surface area contributed by atoms with Crippen molar-refractivity contribution in [1.29, 1.82) is 0 Å². The smallest absolute Gasteiger partial charge is 0.325 e. The average molecular weight is 243 g/mol. The van der Waals surface area contributed by atoms with Crippen LogP contribution in [0.3, 0.4) is 0 Å². The van der Waals surface area contributed by atoms with Gasteiger partial charge in [0.15, 0.2) is 0 Å². The summed E-state index contributed by atoms with van der Waals surface area (Å²) < 4.78 is 5.53. The number of aliphatic carboxylic acids is 1. The Kier molecular flexibility index (Phi) is 5.41. The molecule has 0 aromatic rings. The van der Waals surface area contributed by atoms with E-state index in [-0.39, 0.29) is 18.6 Å². The third kappa shape index (κ3) is 4.73. The summed E-state index contributed by atoms with van der Waals surface area (Å²) in [6.07, 6.45) is 4.63. The Morgan fingerprint density at radius 3 is 2.65 bits per heavy atom. The van der Waals surface area contributed by atoms with Crippen molar-refractivity contribution in [3.63, 3.8) is 0 Å². The maximum Gasteiger partial charge on any atom is 0.325 e. The minimum absolute atomic E-state index is 0.0490. The summed E-state index contributed by atoms with van der Waals surface area (Å²) in [6.45, 7) is 3.51. The lowest BCUT2D eigenvalue weighted by molar-refractivity contribution is -0.142. The van der Waals surface area contributed by atoms with Crippen molar-refractivity contribution in [3.8, 4) is 0 Å². The largest absolute Gasteiger partial charge is 0.480 e. The Balaban J connectivity index is 2.25. The topological polar surface area (TPSA) is 75.6 Å². The molecule has 0 spiro atoms. The van der Waals surface area contributed by atoms with Gasteiger partial charge in [-0.25, -0.2) is 0 Å². The van der Waals surface area contributed by atoms with E-state index in [1.54, 1.807) is 0 Å². The average Bonchev–Trinajstić information content (AvgIpc) is 2.27. The molecule has 1 aliphatic carbocycles. The van der Waals surface area contributed by atoms with E-state index in [9.17, 15) is 9.59 Å². The molecule has 1 amide bonds. The van der Waals surface area contributed by atoms with Crippen LogP contribution in [-0.2, 0) is 14.3 Å². The molecule has 0 bridgehead atoms. The Morgan fingerprint density at radius 2 is 2.06 bits per heavy atom. The molecule has 1 fully saturated rings. The van der Waals surface area contributed by atoms with Crippen molar-refractivity contribution >= 4 is 11.9 Å². The lowest BCUT2D eigenvalue weighted by Crippen LogP contribution is -2.41. The second-order valence-corrected chi connectivity index (χ2v) is 4.74. The second kappa shape index (κ2) is 6.59. The molecule has 3 atom stereocenters. The second-order valence-electron chi connectivity index (χ2n) is 4.74. The molecule has 0 aromatic heterocycles. The Morgan fingerprint density at radius 1 is 1.41 bits per heavy atom. The molecule has 0 aromatic carbocycles. The molecule has 2 N–H and O–H groups in total. The highest BCUT2D eigenvalue weighted by Gasteiger charge is 2.23. The fourth-order valence-corrected chi connectivity index (χ4v) is 2.06. The lowest BCUT2D eigenvalue weighted by Gasteiger charge is -2.28. The van der Waals surface area contributed by atoms with Crippen molar-refractivity contribution in [3.05, 3.63) is 0 Å². The van der Waals surface area contributed by atoms with Crippen LogP contribution in [0.2, 0.25) is 0 Å². The van der Waals surface area contributed by atoms with E-state index in [0.29, 0.717) is 5.92 Å². The van der Waals surface area contributed by atoms with Gasteiger partial charge in [0.2, 0.25) is 5.91 Å². The molecule has 0 unspecified atom stereocenters. The third-order valence-electron chi connectivity index (χ3n) is 3.21. The molecule has 5 heteroatoms. The van der Waals surface area contributed by atoms with E-state index in [2.05, 4.69) is 12.2 Å². The molecule has 17 heavy (non-hydrogen) atoms. The zero-order valence-corrected chi connectivity index (χ0v) is 10.4. The minimum atomic E-state index is -1.04. The number of ether oxygens (including phenoxy) is 1. The molecule has 98 valence electrons. The fourth-order valence-electron chi connectivity index (χ4n) is 2.06. The molecule has 0 radical (unpaired) electrons. The van der Waals surface area contributed by atoms with Crippen LogP contribution in [0.25, 0.3) is 0 Å².